The van der Waals surface area contributed by atoms with Gasteiger partial charge in [0.2, 0.25) is 0 Å². The Morgan fingerprint density at radius 1 is 0.912 bits per heavy atom. The number of ether oxygens (including phenoxy) is 2. The molecule has 0 saturated heterocycles. The van der Waals surface area contributed by atoms with Crippen LogP contribution in [0, 0.1) is 0 Å². The molecular weight excluding hydrogens is 424 g/mol. The van der Waals surface area contributed by atoms with Crippen LogP contribution >= 0.6 is 0 Å². The number of rotatable bonds is 6. The van der Waals surface area contributed by atoms with Crippen molar-refractivity contribution in [3.63, 3.8) is 0 Å². The van der Waals surface area contributed by atoms with Crippen molar-refractivity contribution in [1.82, 2.24) is 0 Å². The zero-order chi connectivity index (χ0) is 23.5. The van der Waals surface area contributed by atoms with E-state index >= 15 is 0 Å². The predicted molar refractivity (Wildman–Crippen MR) is 136 cm³/mol. The van der Waals surface area contributed by atoms with Gasteiger partial charge in [-0.1, -0.05) is 49.4 Å². The first-order valence-corrected chi connectivity index (χ1v) is 11.9. The Morgan fingerprint density at radius 3 is 2.41 bits per heavy atom. The number of fused-ring (bicyclic) bond motifs is 1. The second kappa shape index (κ2) is 9.64. The van der Waals surface area contributed by atoms with E-state index in [0.29, 0.717) is 13.0 Å². The van der Waals surface area contributed by atoms with Crippen molar-refractivity contribution in [2.45, 2.75) is 38.1 Å². The van der Waals surface area contributed by atoms with Crippen LogP contribution in [0.1, 0.15) is 49.3 Å². The average molecular weight is 455 g/mol. The number of hydrogen-bond donors (Lipinski definition) is 2. The molecular formula is C29H30N2O3. The van der Waals surface area contributed by atoms with Gasteiger partial charge in [0.1, 0.15) is 11.5 Å². The standard InChI is InChI=1S/C29H30N2O3/c1-3-16-34-27-11-7-4-8-22(27)20-17-25-28(26(32)18-20)29(19-12-14-21(33-2)15-13-19)31-24-10-6-5-9-23(24)30-25/h4-15,20,29-31H,3,16-18H2,1-2H3/t20-,29-/m0/s1. The van der Waals surface area contributed by atoms with Gasteiger partial charge in [-0.25, -0.2) is 0 Å². The van der Waals surface area contributed by atoms with E-state index in [1.165, 1.54) is 0 Å². The van der Waals surface area contributed by atoms with E-state index in [1.54, 1.807) is 7.11 Å². The molecule has 0 unspecified atom stereocenters. The summed E-state index contributed by atoms with van der Waals surface area (Å²) in [6, 6.07) is 24.0. The summed E-state index contributed by atoms with van der Waals surface area (Å²) in [6.07, 6.45) is 2.15. The van der Waals surface area contributed by atoms with Gasteiger partial charge in [0.05, 0.1) is 31.1 Å². The Labute approximate surface area is 200 Å². The summed E-state index contributed by atoms with van der Waals surface area (Å²) in [5.74, 6) is 1.90. The van der Waals surface area contributed by atoms with E-state index in [-0.39, 0.29) is 17.7 Å². The third-order valence-corrected chi connectivity index (χ3v) is 6.58. The number of Topliss-reactive ketones (excluding diaryl/α,β-unsaturated/α-hetero) is 1. The molecule has 34 heavy (non-hydrogen) atoms. The number of carbonyl (C=O) groups excluding carboxylic acids is 1. The van der Waals surface area contributed by atoms with Gasteiger partial charge in [-0.05, 0) is 54.3 Å². The minimum absolute atomic E-state index is 0.0635. The van der Waals surface area contributed by atoms with E-state index in [2.05, 4.69) is 29.7 Å². The van der Waals surface area contributed by atoms with Crippen molar-refractivity contribution >= 4 is 17.2 Å². The van der Waals surface area contributed by atoms with Crippen molar-refractivity contribution in [2.24, 2.45) is 0 Å². The number of nitrogens with one attached hydrogen (secondary N) is 2. The molecule has 0 radical (unpaired) electrons. The Balaban J connectivity index is 1.56. The second-order valence-corrected chi connectivity index (χ2v) is 8.83. The lowest BCUT2D eigenvalue weighted by Gasteiger charge is -2.30. The Hall–Kier alpha value is -3.73. The van der Waals surface area contributed by atoms with E-state index in [9.17, 15) is 4.79 Å². The molecule has 5 rings (SSSR count). The molecule has 2 aliphatic rings. The Bertz CT molecular complexity index is 1220. The molecule has 0 aromatic heterocycles. The molecule has 1 aliphatic carbocycles. The molecule has 3 aromatic rings. The molecule has 2 N–H and O–H groups in total. The average Bonchev–Trinajstić information content (AvgIpc) is 3.04. The van der Waals surface area contributed by atoms with Gasteiger partial charge in [0.15, 0.2) is 5.78 Å². The number of ketones is 1. The van der Waals surface area contributed by atoms with Crippen LogP contribution in [0.15, 0.2) is 84.1 Å². The zero-order valence-corrected chi connectivity index (χ0v) is 19.6. The van der Waals surface area contributed by atoms with Crippen LogP contribution in [0.2, 0.25) is 0 Å². The second-order valence-electron chi connectivity index (χ2n) is 8.83. The predicted octanol–water partition coefficient (Wildman–Crippen LogP) is 6.46. The molecule has 1 aliphatic heterocycles. The molecule has 0 saturated carbocycles. The Kier molecular flexibility index (Phi) is 6.26. The summed E-state index contributed by atoms with van der Waals surface area (Å²) in [7, 11) is 1.66. The maximum atomic E-state index is 13.7. The highest BCUT2D eigenvalue weighted by atomic mass is 16.5. The molecule has 5 nitrogen and oxygen atoms in total. The van der Waals surface area contributed by atoms with E-state index in [4.69, 9.17) is 9.47 Å². The fourth-order valence-electron chi connectivity index (χ4n) is 4.92. The van der Waals surface area contributed by atoms with Crippen LogP contribution in [0.3, 0.4) is 0 Å². The van der Waals surface area contributed by atoms with Crippen LogP contribution in [0.5, 0.6) is 11.5 Å². The zero-order valence-electron chi connectivity index (χ0n) is 19.6. The monoisotopic (exact) mass is 454 g/mol. The normalized spacial score (nSPS) is 19.3. The van der Waals surface area contributed by atoms with Gasteiger partial charge in [-0.3, -0.25) is 4.79 Å². The number of hydrogen-bond acceptors (Lipinski definition) is 5. The molecule has 0 bridgehead atoms. The molecule has 3 aromatic carbocycles. The summed E-state index contributed by atoms with van der Waals surface area (Å²) < 4.78 is 11.4. The number of para-hydroxylation sites is 3. The van der Waals surface area contributed by atoms with E-state index < -0.39 is 0 Å². The topological polar surface area (TPSA) is 59.6 Å². The molecule has 0 amide bonds. The number of benzene rings is 3. The van der Waals surface area contributed by atoms with Gasteiger partial charge in [0, 0.05) is 23.6 Å². The van der Waals surface area contributed by atoms with Crippen LogP contribution in [0.4, 0.5) is 11.4 Å². The maximum absolute atomic E-state index is 13.7. The molecule has 0 spiro atoms. The fraction of sp³-hybridized carbons (Fsp3) is 0.276. The van der Waals surface area contributed by atoms with Crippen molar-refractivity contribution in [2.75, 3.05) is 24.4 Å². The van der Waals surface area contributed by atoms with Crippen molar-refractivity contribution in [3.8, 4) is 11.5 Å². The number of carbonyl (C=O) groups is 1. The van der Waals surface area contributed by atoms with Crippen molar-refractivity contribution in [1.29, 1.82) is 0 Å². The number of anilines is 2. The number of methoxy groups -OCH3 is 1. The van der Waals surface area contributed by atoms with Crippen LogP contribution in [-0.2, 0) is 4.79 Å². The summed E-state index contributed by atoms with van der Waals surface area (Å²) in [5, 5.41) is 7.24. The van der Waals surface area contributed by atoms with Crippen LogP contribution < -0.4 is 20.1 Å². The number of allylic oxidation sites excluding steroid dienone is 1. The van der Waals surface area contributed by atoms with Crippen LogP contribution in [-0.4, -0.2) is 19.5 Å². The van der Waals surface area contributed by atoms with Gasteiger partial charge in [-0.2, -0.15) is 0 Å². The largest absolute Gasteiger partial charge is 0.497 e. The fourth-order valence-corrected chi connectivity index (χ4v) is 4.92. The first-order chi connectivity index (χ1) is 16.7. The van der Waals surface area contributed by atoms with Crippen molar-refractivity contribution in [3.05, 3.63) is 95.2 Å². The summed E-state index contributed by atoms with van der Waals surface area (Å²) >= 11 is 0. The first-order valence-electron chi connectivity index (χ1n) is 11.9. The maximum Gasteiger partial charge on any atom is 0.163 e. The molecule has 174 valence electrons. The van der Waals surface area contributed by atoms with Gasteiger partial charge in [-0.15, -0.1) is 0 Å². The molecule has 0 fully saturated rings. The molecule has 2 atom stereocenters. The quantitative estimate of drug-likeness (QED) is 0.447. The third-order valence-electron chi connectivity index (χ3n) is 6.58. The van der Waals surface area contributed by atoms with Crippen molar-refractivity contribution < 1.29 is 14.3 Å². The van der Waals surface area contributed by atoms with Gasteiger partial charge >= 0.3 is 0 Å². The Morgan fingerprint density at radius 2 is 1.65 bits per heavy atom. The summed E-state index contributed by atoms with van der Waals surface area (Å²) in [5.41, 5.74) is 5.88. The smallest absolute Gasteiger partial charge is 0.163 e. The lowest BCUT2D eigenvalue weighted by atomic mass is 9.78. The lowest BCUT2D eigenvalue weighted by Crippen LogP contribution is -2.27. The highest BCUT2D eigenvalue weighted by molar-refractivity contribution is 6.01. The summed E-state index contributed by atoms with van der Waals surface area (Å²) in [4.78, 5) is 13.7. The van der Waals surface area contributed by atoms with E-state index in [1.807, 2.05) is 60.7 Å². The van der Waals surface area contributed by atoms with Crippen LogP contribution in [0.25, 0.3) is 0 Å². The molecule has 1 heterocycles. The van der Waals surface area contributed by atoms with E-state index in [0.717, 1.165) is 58.1 Å². The SMILES string of the molecule is CCCOc1ccccc1[C@@H]1CC(=O)C2=C(C1)Nc1ccccc1N[C@H]2c1ccc(OC)cc1. The first kappa shape index (κ1) is 22.1. The lowest BCUT2D eigenvalue weighted by molar-refractivity contribution is -0.116. The molecule has 5 heteroatoms. The highest BCUT2D eigenvalue weighted by Crippen LogP contribution is 2.45. The third kappa shape index (κ3) is 4.26. The minimum Gasteiger partial charge on any atom is -0.497 e. The van der Waals surface area contributed by atoms with Gasteiger partial charge in [0.25, 0.3) is 0 Å². The highest BCUT2D eigenvalue weighted by Gasteiger charge is 2.36. The minimum atomic E-state index is -0.239. The van der Waals surface area contributed by atoms with Gasteiger partial charge < -0.3 is 20.1 Å². The summed E-state index contributed by atoms with van der Waals surface area (Å²) in [6.45, 7) is 2.77.